The third-order valence-electron chi connectivity index (χ3n) is 4.42. The molecule has 0 fully saturated rings. The summed E-state index contributed by atoms with van der Waals surface area (Å²) in [6.07, 6.45) is 0.597. The molecule has 2 rings (SSSR count). The first-order valence-electron chi connectivity index (χ1n) is 8.77. The minimum absolute atomic E-state index is 0.0526. The molecule has 0 radical (unpaired) electrons. The van der Waals surface area contributed by atoms with E-state index in [2.05, 4.69) is 35.5 Å². The average molecular weight is 347 g/mol. The van der Waals surface area contributed by atoms with Crippen molar-refractivity contribution in [1.29, 1.82) is 0 Å². The van der Waals surface area contributed by atoms with Gasteiger partial charge in [0.1, 0.15) is 0 Å². The summed E-state index contributed by atoms with van der Waals surface area (Å²) in [6.45, 7) is 6.45. The van der Waals surface area contributed by atoms with Gasteiger partial charge in [0.05, 0.1) is 6.42 Å². The molecule has 1 aliphatic rings. The molecule has 138 valence electrons. The van der Waals surface area contributed by atoms with Crippen LogP contribution in [-0.4, -0.2) is 47.0 Å². The van der Waals surface area contributed by atoms with Crippen molar-refractivity contribution in [3.05, 3.63) is 34.9 Å². The summed E-state index contributed by atoms with van der Waals surface area (Å²) in [4.78, 5) is 27.3. The Bertz CT molecular complexity index is 630. The van der Waals surface area contributed by atoms with E-state index >= 15 is 0 Å². The lowest BCUT2D eigenvalue weighted by molar-refractivity contribution is -0.137. The van der Waals surface area contributed by atoms with E-state index in [1.54, 1.807) is 11.9 Å². The predicted molar refractivity (Wildman–Crippen MR) is 97.1 cm³/mol. The summed E-state index contributed by atoms with van der Waals surface area (Å²) < 4.78 is 0. The van der Waals surface area contributed by atoms with Crippen LogP contribution in [0.1, 0.15) is 43.4 Å². The molecule has 1 heterocycles. The number of amides is 2. The third-order valence-corrected chi connectivity index (χ3v) is 4.42. The normalized spacial score (nSPS) is 15.1. The molecule has 1 atom stereocenters. The number of nitrogens with zero attached hydrogens (tertiary/aromatic N) is 2. The van der Waals surface area contributed by atoms with Gasteiger partial charge in [0, 0.05) is 32.7 Å². The van der Waals surface area contributed by atoms with E-state index in [9.17, 15) is 9.59 Å². The van der Waals surface area contributed by atoms with Gasteiger partial charge < -0.3 is 15.3 Å². The Morgan fingerprint density at radius 3 is 2.60 bits per heavy atom. The van der Waals surface area contributed by atoms with E-state index < -0.39 is 5.97 Å². The van der Waals surface area contributed by atoms with E-state index in [1.807, 2.05) is 13.8 Å². The molecular formula is C19H29N3O3. The molecule has 0 aromatic heterocycles. The molecule has 0 spiro atoms. The molecule has 6 heteroatoms. The van der Waals surface area contributed by atoms with Gasteiger partial charge in [-0.2, -0.15) is 0 Å². The summed E-state index contributed by atoms with van der Waals surface area (Å²) in [6, 6.07) is 5.77. The molecule has 6 nitrogen and oxygen atoms in total. The van der Waals surface area contributed by atoms with Crippen molar-refractivity contribution in [3.63, 3.8) is 0 Å². The van der Waals surface area contributed by atoms with Crippen LogP contribution in [0.2, 0.25) is 0 Å². The highest BCUT2D eigenvalue weighted by atomic mass is 16.4. The zero-order valence-corrected chi connectivity index (χ0v) is 15.6. The summed E-state index contributed by atoms with van der Waals surface area (Å²) >= 11 is 0. The molecule has 0 aliphatic carbocycles. The second-order valence-electron chi connectivity index (χ2n) is 7.51. The van der Waals surface area contributed by atoms with Crippen LogP contribution in [0.3, 0.4) is 0 Å². The fourth-order valence-electron chi connectivity index (χ4n) is 3.32. The Balaban J connectivity index is 1.95. The molecule has 2 N–H and O–H groups in total. The number of hydrogen-bond donors (Lipinski definition) is 2. The topological polar surface area (TPSA) is 72.9 Å². The number of hydrogen-bond acceptors (Lipinski definition) is 3. The lowest BCUT2D eigenvalue weighted by atomic mass is 10.0. The fraction of sp³-hybridized carbons (Fsp3) is 0.579. The largest absolute Gasteiger partial charge is 0.481 e. The van der Waals surface area contributed by atoms with Crippen molar-refractivity contribution in [1.82, 2.24) is 15.1 Å². The molecule has 1 unspecified atom stereocenters. The minimum atomic E-state index is -0.892. The standard InChI is InChI=1S/C19H29N3O3/c1-13(2)7-17(9-18(23)24)20-19(25)22(4)10-14-5-6-15-11-21(3)12-16(15)8-14/h5-6,8,13,17H,7,9-12H2,1-4H3,(H,20,25)(H,23,24). The van der Waals surface area contributed by atoms with Crippen LogP contribution in [-0.2, 0) is 24.4 Å². The van der Waals surface area contributed by atoms with Gasteiger partial charge in [-0.25, -0.2) is 4.79 Å². The Labute approximate surface area is 149 Å². The summed E-state index contributed by atoms with van der Waals surface area (Å²) in [5, 5.41) is 11.9. The predicted octanol–water partition coefficient (Wildman–Crippen LogP) is 2.66. The summed E-state index contributed by atoms with van der Waals surface area (Å²) in [7, 11) is 3.83. The van der Waals surface area contributed by atoms with Crippen LogP contribution >= 0.6 is 0 Å². The zero-order chi connectivity index (χ0) is 18.6. The van der Waals surface area contributed by atoms with Crippen LogP contribution in [0.25, 0.3) is 0 Å². The maximum Gasteiger partial charge on any atom is 0.317 e. The van der Waals surface area contributed by atoms with Gasteiger partial charge in [0.25, 0.3) is 0 Å². The van der Waals surface area contributed by atoms with E-state index in [4.69, 9.17) is 5.11 Å². The number of carbonyl (C=O) groups is 2. The van der Waals surface area contributed by atoms with E-state index in [1.165, 1.54) is 11.1 Å². The quantitative estimate of drug-likeness (QED) is 0.795. The maximum absolute atomic E-state index is 12.4. The van der Waals surface area contributed by atoms with Crippen LogP contribution in [0.15, 0.2) is 18.2 Å². The number of carboxylic acids is 1. The Hall–Kier alpha value is -2.08. The molecule has 1 aliphatic heterocycles. The number of rotatable bonds is 7. The third kappa shape index (κ3) is 5.74. The maximum atomic E-state index is 12.4. The van der Waals surface area contributed by atoms with Crippen LogP contribution < -0.4 is 5.32 Å². The zero-order valence-electron chi connectivity index (χ0n) is 15.6. The first-order valence-corrected chi connectivity index (χ1v) is 8.77. The summed E-state index contributed by atoms with van der Waals surface area (Å²) in [5.74, 6) is -0.569. The number of nitrogens with one attached hydrogen (secondary N) is 1. The number of fused-ring (bicyclic) bond motifs is 1. The molecular weight excluding hydrogens is 318 g/mol. The second kappa shape index (κ2) is 8.34. The van der Waals surface area contributed by atoms with E-state index in [0.29, 0.717) is 18.9 Å². The van der Waals surface area contributed by atoms with Crippen LogP contribution in [0, 0.1) is 5.92 Å². The Kier molecular flexibility index (Phi) is 6.42. The number of benzene rings is 1. The first-order chi connectivity index (χ1) is 11.7. The van der Waals surface area contributed by atoms with Crippen molar-refractivity contribution in [2.24, 2.45) is 5.92 Å². The first kappa shape index (κ1) is 19.2. The van der Waals surface area contributed by atoms with Gasteiger partial charge in [-0.05, 0) is 36.1 Å². The van der Waals surface area contributed by atoms with Gasteiger partial charge in [0.2, 0.25) is 0 Å². The van der Waals surface area contributed by atoms with Crippen LogP contribution in [0.5, 0.6) is 0 Å². The lowest BCUT2D eigenvalue weighted by Gasteiger charge is -2.24. The van der Waals surface area contributed by atoms with Crippen LogP contribution in [0.4, 0.5) is 4.79 Å². The lowest BCUT2D eigenvalue weighted by Crippen LogP contribution is -2.44. The average Bonchev–Trinajstić information content (AvgIpc) is 2.84. The van der Waals surface area contributed by atoms with Gasteiger partial charge in [-0.15, -0.1) is 0 Å². The fourth-order valence-corrected chi connectivity index (χ4v) is 3.32. The van der Waals surface area contributed by atoms with E-state index in [-0.39, 0.29) is 18.5 Å². The number of aliphatic carboxylic acids is 1. The highest BCUT2D eigenvalue weighted by molar-refractivity contribution is 5.75. The molecule has 0 saturated heterocycles. The Morgan fingerprint density at radius 2 is 1.96 bits per heavy atom. The van der Waals surface area contributed by atoms with Crippen molar-refractivity contribution in [2.45, 2.75) is 52.4 Å². The molecule has 25 heavy (non-hydrogen) atoms. The highest BCUT2D eigenvalue weighted by Crippen LogP contribution is 2.22. The van der Waals surface area contributed by atoms with Gasteiger partial charge in [-0.1, -0.05) is 32.0 Å². The number of carboxylic acid groups (broad SMARTS) is 1. The number of urea groups is 1. The molecule has 0 saturated carbocycles. The van der Waals surface area contributed by atoms with Crippen molar-refractivity contribution < 1.29 is 14.7 Å². The van der Waals surface area contributed by atoms with Gasteiger partial charge in [0.15, 0.2) is 0 Å². The molecule has 0 bridgehead atoms. The molecule has 1 aromatic carbocycles. The van der Waals surface area contributed by atoms with Gasteiger partial charge >= 0.3 is 12.0 Å². The minimum Gasteiger partial charge on any atom is -0.481 e. The number of carbonyl (C=O) groups excluding carboxylic acids is 1. The van der Waals surface area contributed by atoms with Crippen molar-refractivity contribution in [3.8, 4) is 0 Å². The monoisotopic (exact) mass is 347 g/mol. The Morgan fingerprint density at radius 1 is 1.28 bits per heavy atom. The van der Waals surface area contributed by atoms with Crippen molar-refractivity contribution >= 4 is 12.0 Å². The van der Waals surface area contributed by atoms with E-state index in [0.717, 1.165) is 18.7 Å². The molecule has 1 aromatic rings. The van der Waals surface area contributed by atoms with Crippen molar-refractivity contribution in [2.75, 3.05) is 14.1 Å². The molecule has 2 amide bonds. The summed E-state index contributed by atoms with van der Waals surface area (Å²) in [5.41, 5.74) is 3.75. The highest BCUT2D eigenvalue weighted by Gasteiger charge is 2.20. The van der Waals surface area contributed by atoms with Gasteiger partial charge in [-0.3, -0.25) is 9.69 Å². The second-order valence-corrected chi connectivity index (χ2v) is 7.51. The SMILES string of the molecule is CC(C)CC(CC(=O)O)NC(=O)N(C)Cc1ccc2c(c1)CN(C)C2. The smallest absolute Gasteiger partial charge is 0.317 e.